The summed E-state index contributed by atoms with van der Waals surface area (Å²) in [5, 5.41) is 9.33. The highest BCUT2D eigenvalue weighted by atomic mass is 16.5. The number of hydrogen-bond donors (Lipinski definition) is 1. The van der Waals surface area contributed by atoms with E-state index in [0.717, 1.165) is 6.42 Å². The van der Waals surface area contributed by atoms with Crippen molar-refractivity contribution >= 4 is 11.9 Å². The number of fused-ring (bicyclic) bond motifs is 2. The van der Waals surface area contributed by atoms with Crippen LogP contribution < -0.4 is 0 Å². The third-order valence-electron chi connectivity index (χ3n) is 3.48. The van der Waals surface area contributed by atoms with E-state index in [-0.39, 0.29) is 17.9 Å². The summed E-state index contributed by atoms with van der Waals surface area (Å²) in [6.07, 6.45) is 4.74. The van der Waals surface area contributed by atoms with Gasteiger partial charge >= 0.3 is 11.9 Å². The van der Waals surface area contributed by atoms with E-state index >= 15 is 0 Å². The molecule has 0 aliphatic heterocycles. The van der Waals surface area contributed by atoms with Crippen LogP contribution in [0.3, 0.4) is 0 Å². The third kappa shape index (κ3) is 1.44. The average Bonchev–Trinajstić information content (AvgIpc) is 2.75. The monoisotopic (exact) mass is 224 g/mol. The highest BCUT2D eigenvalue weighted by Crippen LogP contribution is 2.53. The zero-order valence-electron chi connectivity index (χ0n) is 9.47. The van der Waals surface area contributed by atoms with Crippen molar-refractivity contribution in [1.82, 2.24) is 0 Å². The molecule has 0 spiro atoms. The first kappa shape index (κ1) is 11.2. The van der Waals surface area contributed by atoms with E-state index in [1.54, 1.807) is 13.8 Å². The summed E-state index contributed by atoms with van der Waals surface area (Å²) in [4.78, 5) is 23.4. The van der Waals surface area contributed by atoms with Gasteiger partial charge in [0, 0.05) is 5.92 Å². The number of carbonyl (C=O) groups excluding carboxylic acids is 1. The quantitative estimate of drug-likeness (QED) is 0.449. The number of esters is 1. The van der Waals surface area contributed by atoms with Crippen LogP contribution in [-0.4, -0.2) is 23.1 Å². The molecule has 0 saturated heterocycles. The van der Waals surface area contributed by atoms with E-state index in [1.165, 1.54) is 0 Å². The van der Waals surface area contributed by atoms with E-state index in [0.29, 0.717) is 6.42 Å². The minimum atomic E-state index is -1.33. The number of ether oxygens (including phenoxy) is 1. The summed E-state index contributed by atoms with van der Waals surface area (Å²) in [5.74, 6) is -1.59. The van der Waals surface area contributed by atoms with Gasteiger partial charge in [-0.1, -0.05) is 12.2 Å². The zero-order chi connectivity index (χ0) is 11.9. The van der Waals surface area contributed by atoms with Gasteiger partial charge in [0.05, 0.1) is 6.10 Å². The Morgan fingerprint density at radius 2 is 2.12 bits per heavy atom. The van der Waals surface area contributed by atoms with Crippen molar-refractivity contribution in [3.05, 3.63) is 12.2 Å². The molecule has 0 aromatic carbocycles. The van der Waals surface area contributed by atoms with Gasteiger partial charge in [0.15, 0.2) is 5.41 Å². The number of rotatable bonds is 3. The zero-order valence-corrected chi connectivity index (χ0v) is 9.47. The molecule has 3 unspecified atom stereocenters. The van der Waals surface area contributed by atoms with Crippen LogP contribution in [0, 0.1) is 17.3 Å². The lowest BCUT2D eigenvalue weighted by Gasteiger charge is -2.29. The van der Waals surface area contributed by atoms with Gasteiger partial charge in [-0.2, -0.15) is 0 Å². The second kappa shape index (κ2) is 3.61. The van der Waals surface area contributed by atoms with E-state index in [9.17, 15) is 14.7 Å². The van der Waals surface area contributed by atoms with Crippen molar-refractivity contribution in [2.45, 2.75) is 32.8 Å². The van der Waals surface area contributed by atoms with Gasteiger partial charge in [0.2, 0.25) is 0 Å². The third-order valence-corrected chi connectivity index (χ3v) is 3.48. The average molecular weight is 224 g/mol. The molecule has 0 aromatic heterocycles. The molecule has 0 radical (unpaired) electrons. The number of aliphatic carboxylic acids is 1. The van der Waals surface area contributed by atoms with Crippen molar-refractivity contribution in [2.75, 3.05) is 0 Å². The fraction of sp³-hybridized carbons (Fsp3) is 0.667. The van der Waals surface area contributed by atoms with Crippen molar-refractivity contribution in [3.8, 4) is 0 Å². The van der Waals surface area contributed by atoms with Crippen LogP contribution in [0.5, 0.6) is 0 Å². The Bertz CT molecular complexity index is 358. The van der Waals surface area contributed by atoms with Crippen LogP contribution >= 0.6 is 0 Å². The van der Waals surface area contributed by atoms with E-state index in [2.05, 4.69) is 0 Å². The minimum Gasteiger partial charge on any atom is -0.480 e. The summed E-state index contributed by atoms with van der Waals surface area (Å²) in [5.41, 5.74) is -1.33. The number of carboxylic acids is 1. The van der Waals surface area contributed by atoms with E-state index < -0.39 is 17.4 Å². The normalized spacial score (nSPS) is 35.7. The van der Waals surface area contributed by atoms with Crippen LogP contribution in [-0.2, 0) is 14.3 Å². The van der Waals surface area contributed by atoms with Gasteiger partial charge in [0.1, 0.15) is 0 Å². The fourth-order valence-electron chi connectivity index (χ4n) is 2.74. The molecule has 1 saturated carbocycles. The first-order chi connectivity index (χ1) is 7.46. The number of carbonyl (C=O) groups is 2. The molecular weight excluding hydrogens is 208 g/mol. The molecule has 2 aliphatic carbocycles. The predicted octanol–water partition coefficient (Wildman–Crippen LogP) is 1.60. The summed E-state index contributed by atoms with van der Waals surface area (Å²) in [6.45, 7) is 3.47. The van der Waals surface area contributed by atoms with Crippen LogP contribution in [0.25, 0.3) is 0 Å². The molecule has 2 rings (SSSR count). The lowest BCUT2D eigenvalue weighted by atomic mass is 9.76. The summed E-state index contributed by atoms with van der Waals surface area (Å²) in [7, 11) is 0. The summed E-state index contributed by atoms with van der Waals surface area (Å²) < 4.78 is 5.10. The lowest BCUT2D eigenvalue weighted by Crippen LogP contribution is -2.44. The molecular formula is C12H16O4. The first-order valence-corrected chi connectivity index (χ1v) is 5.59. The molecule has 88 valence electrons. The topological polar surface area (TPSA) is 63.6 Å². The number of carboxylic acid groups (broad SMARTS) is 1. The molecule has 1 fully saturated rings. The van der Waals surface area contributed by atoms with Crippen molar-refractivity contribution in [2.24, 2.45) is 17.3 Å². The van der Waals surface area contributed by atoms with Gasteiger partial charge < -0.3 is 9.84 Å². The Kier molecular flexibility index (Phi) is 2.52. The maximum absolute atomic E-state index is 12.0. The molecule has 0 amide bonds. The first-order valence-electron chi connectivity index (χ1n) is 5.59. The predicted molar refractivity (Wildman–Crippen MR) is 56.7 cm³/mol. The number of allylic oxidation sites excluding steroid dienone is 2. The second-order valence-corrected chi connectivity index (χ2v) is 4.92. The summed E-state index contributed by atoms with van der Waals surface area (Å²) in [6, 6.07) is 0. The Labute approximate surface area is 94.3 Å². The maximum atomic E-state index is 12.0. The van der Waals surface area contributed by atoms with Crippen LogP contribution in [0.15, 0.2) is 12.2 Å². The van der Waals surface area contributed by atoms with Gasteiger partial charge in [-0.3, -0.25) is 9.59 Å². The van der Waals surface area contributed by atoms with E-state index in [4.69, 9.17) is 4.74 Å². The Hall–Kier alpha value is -1.32. The molecule has 2 aliphatic rings. The maximum Gasteiger partial charge on any atom is 0.324 e. The Balaban J connectivity index is 2.28. The molecule has 2 bridgehead atoms. The smallest absolute Gasteiger partial charge is 0.324 e. The van der Waals surface area contributed by atoms with Gasteiger partial charge in [-0.15, -0.1) is 0 Å². The fourth-order valence-corrected chi connectivity index (χ4v) is 2.74. The van der Waals surface area contributed by atoms with Crippen LogP contribution in [0.2, 0.25) is 0 Å². The Morgan fingerprint density at radius 3 is 2.50 bits per heavy atom. The highest BCUT2D eigenvalue weighted by Gasteiger charge is 2.60. The lowest BCUT2D eigenvalue weighted by molar-refractivity contribution is -0.173. The minimum absolute atomic E-state index is 0.193. The standard InChI is InChI=1S/C12H16O4/c1-7(2)16-11(15)12(10(13)14)6-8-3-4-9(12)5-8/h3-4,7-9H,5-6H2,1-2H3,(H,13,14). The van der Waals surface area contributed by atoms with Crippen molar-refractivity contribution in [1.29, 1.82) is 0 Å². The molecule has 16 heavy (non-hydrogen) atoms. The van der Waals surface area contributed by atoms with Crippen molar-refractivity contribution < 1.29 is 19.4 Å². The second-order valence-electron chi connectivity index (χ2n) is 4.92. The van der Waals surface area contributed by atoms with Gasteiger partial charge in [0.25, 0.3) is 0 Å². The van der Waals surface area contributed by atoms with Crippen LogP contribution in [0.4, 0.5) is 0 Å². The SMILES string of the molecule is CC(C)OC(=O)C1(C(=O)O)CC2C=CC1C2. The molecule has 1 N–H and O–H groups in total. The van der Waals surface area contributed by atoms with Gasteiger partial charge in [-0.25, -0.2) is 0 Å². The molecule has 4 heteroatoms. The molecule has 4 nitrogen and oxygen atoms in total. The highest BCUT2D eigenvalue weighted by molar-refractivity contribution is 6.00. The largest absolute Gasteiger partial charge is 0.480 e. The van der Waals surface area contributed by atoms with Crippen molar-refractivity contribution in [3.63, 3.8) is 0 Å². The van der Waals surface area contributed by atoms with Crippen LogP contribution in [0.1, 0.15) is 26.7 Å². The Morgan fingerprint density at radius 1 is 1.44 bits per heavy atom. The summed E-state index contributed by atoms with van der Waals surface area (Å²) >= 11 is 0. The molecule has 3 atom stereocenters. The molecule has 0 aromatic rings. The molecule has 0 heterocycles. The van der Waals surface area contributed by atoms with E-state index in [1.807, 2.05) is 12.2 Å². The number of hydrogen-bond acceptors (Lipinski definition) is 3. The van der Waals surface area contributed by atoms with Gasteiger partial charge in [-0.05, 0) is 32.6 Å².